The summed E-state index contributed by atoms with van der Waals surface area (Å²) < 4.78 is 17.3. The maximum absolute atomic E-state index is 12.1. The van der Waals surface area contributed by atoms with Crippen molar-refractivity contribution < 1.29 is 19.0 Å². The number of ether oxygens (including phenoxy) is 3. The molecule has 2 aromatic carbocycles. The number of hydrogen-bond donors (Lipinski definition) is 0. The van der Waals surface area contributed by atoms with E-state index in [2.05, 4.69) is 32.9 Å². The summed E-state index contributed by atoms with van der Waals surface area (Å²) in [6.07, 6.45) is 0.925. The van der Waals surface area contributed by atoms with Crippen LogP contribution in [0.5, 0.6) is 17.2 Å². The van der Waals surface area contributed by atoms with E-state index in [1.54, 1.807) is 38.2 Å². The van der Waals surface area contributed by atoms with Crippen molar-refractivity contribution in [3.8, 4) is 17.2 Å². The van der Waals surface area contributed by atoms with Crippen molar-refractivity contribution >= 4 is 5.91 Å². The number of benzene rings is 2. The molecule has 2 aromatic rings. The quantitative estimate of drug-likeness (QED) is 0.575. The predicted molar refractivity (Wildman–Crippen MR) is 116 cm³/mol. The van der Waals surface area contributed by atoms with E-state index >= 15 is 0 Å². The molecule has 0 bridgehead atoms. The predicted octanol–water partition coefficient (Wildman–Crippen LogP) is 5.28. The highest BCUT2D eigenvalue weighted by Crippen LogP contribution is 2.35. The highest BCUT2D eigenvalue weighted by atomic mass is 16.5. The van der Waals surface area contributed by atoms with E-state index < -0.39 is 0 Å². The van der Waals surface area contributed by atoms with Crippen molar-refractivity contribution in [2.24, 2.45) is 0 Å². The lowest BCUT2D eigenvalue weighted by Crippen LogP contribution is -2.21. The van der Waals surface area contributed by atoms with Gasteiger partial charge in [-0.2, -0.15) is 0 Å². The van der Waals surface area contributed by atoms with Crippen molar-refractivity contribution in [3.05, 3.63) is 53.6 Å². The summed E-state index contributed by atoms with van der Waals surface area (Å²) in [6, 6.07) is 13.2. The van der Waals surface area contributed by atoms with Gasteiger partial charge in [0.2, 0.25) is 0 Å². The smallest absolute Gasteiger partial charge is 0.253 e. The summed E-state index contributed by atoms with van der Waals surface area (Å²) in [5.41, 5.74) is 1.77. The highest BCUT2D eigenvalue weighted by molar-refractivity contribution is 5.93. The normalized spacial score (nSPS) is 12.4. The lowest BCUT2D eigenvalue weighted by Gasteiger charge is -2.25. The zero-order valence-electron chi connectivity index (χ0n) is 18.6. The molecule has 1 atom stereocenters. The number of rotatable bonds is 9. The summed E-state index contributed by atoms with van der Waals surface area (Å²) >= 11 is 0. The van der Waals surface area contributed by atoms with Crippen molar-refractivity contribution in [2.75, 3.05) is 27.8 Å². The minimum absolute atomic E-state index is 0.00996. The van der Waals surface area contributed by atoms with Crippen LogP contribution in [0.2, 0.25) is 0 Å². The van der Waals surface area contributed by atoms with Crippen LogP contribution in [0.1, 0.15) is 50.0 Å². The third-order valence-corrected chi connectivity index (χ3v) is 5.03. The highest BCUT2D eigenvalue weighted by Gasteiger charge is 2.21. The Bertz CT molecular complexity index is 812. The Morgan fingerprint density at radius 2 is 1.66 bits per heavy atom. The van der Waals surface area contributed by atoms with Crippen LogP contribution in [0.25, 0.3) is 0 Å². The first-order valence-corrected chi connectivity index (χ1v) is 9.97. The van der Waals surface area contributed by atoms with Gasteiger partial charge in [-0.1, -0.05) is 20.8 Å². The molecule has 0 aliphatic heterocycles. The molecule has 1 amide bonds. The van der Waals surface area contributed by atoms with Gasteiger partial charge in [-0.15, -0.1) is 0 Å². The summed E-state index contributed by atoms with van der Waals surface area (Å²) in [5.74, 6) is 2.09. The summed E-state index contributed by atoms with van der Waals surface area (Å²) in [7, 11) is 5.13. The Hall–Kier alpha value is -2.53. The van der Waals surface area contributed by atoms with Crippen LogP contribution in [0.3, 0.4) is 0 Å². The maximum atomic E-state index is 12.1. The molecule has 0 aliphatic rings. The lowest BCUT2D eigenvalue weighted by molar-refractivity contribution is 0.0827. The number of carbonyl (C=O) groups excluding carboxylic acids is 1. The molecule has 0 N–H and O–H groups in total. The molecule has 0 spiro atoms. The first-order valence-electron chi connectivity index (χ1n) is 9.97. The van der Waals surface area contributed by atoms with E-state index in [9.17, 15) is 4.79 Å². The molecule has 158 valence electrons. The van der Waals surface area contributed by atoms with Crippen LogP contribution < -0.4 is 9.47 Å². The van der Waals surface area contributed by atoms with E-state index in [1.807, 2.05) is 25.1 Å². The van der Waals surface area contributed by atoms with Gasteiger partial charge in [-0.05, 0) is 60.7 Å². The van der Waals surface area contributed by atoms with Gasteiger partial charge in [0.15, 0.2) is 0 Å². The first-order chi connectivity index (χ1) is 13.7. The van der Waals surface area contributed by atoms with Gasteiger partial charge in [0.05, 0.1) is 6.61 Å². The van der Waals surface area contributed by atoms with E-state index in [1.165, 1.54) is 0 Å². The van der Waals surface area contributed by atoms with E-state index in [-0.39, 0.29) is 17.4 Å². The molecule has 2 rings (SSSR count). The molecule has 5 heteroatoms. The largest absolute Gasteiger partial charge is 0.488 e. The minimum Gasteiger partial charge on any atom is -0.488 e. The Kier molecular flexibility index (Phi) is 7.68. The molecule has 0 heterocycles. The van der Waals surface area contributed by atoms with Gasteiger partial charge in [-0.3, -0.25) is 4.79 Å². The van der Waals surface area contributed by atoms with Crippen molar-refractivity contribution in [1.29, 1.82) is 0 Å². The average molecular weight is 400 g/mol. The molecule has 1 unspecified atom stereocenters. The standard InChI is InChI=1S/C24H33NO4/c1-8-24(3,4)19-13-21(28-17(2)16-27-7)15-22(14-19)29-20-11-9-18(10-12-20)23(26)25(5)6/h9-15,17H,8,16H2,1-7H3. The molecular formula is C24H33NO4. The van der Waals surface area contributed by atoms with Gasteiger partial charge < -0.3 is 19.1 Å². The Morgan fingerprint density at radius 1 is 1.03 bits per heavy atom. The van der Waals surface area contributed by atoms with E-state index in [0.717, 1.165) is 17.7 Å². The molecule has 0 fully saturated rings. The number of nitrogens with zero attached hydrogens (tertiary/aromatic N) is 1. The zero-order valence-corrected chi connectivity index (χ0v) is 18.6. The van der Waals surface area contributed by atoms with Crippen LogP contribution in [0.4, 0.5) is 0 Å². The topological polar surface area (TPSA) is 48.0 Å². The summed E-state index contributed by atoms with van der Waals surface area (Å²) in [5, 5.41) is 0. The van der Waals surface area contributed by atoms with Gasteiger partial charge >= 0.3 is 0 Å². The first kappa shape index (κ1) is 22.8. The Balaban J connectivity index is 2.30. The molecule has 5 nitrogen and oxygen atoms in total. The average Bonchev–Trinajstić information content (AvgIpc) is 2.68. The van der Waals surface area contributed by atoms with Gasteiger partial charge in [0.25, 0.3) is 5.91 Å². The number of carbonyl (C=O) groups is 1. The number of methoxy groups -OCH3 is 1. The Labute approximate surface area is 174 Å². The molecular weight excluding hydrogens is 366 g/mol. The molecule has 0 radical (unpaired) electrons. The van der Waals surface area contributed by atoms with E-state index in [4.69, 9.17) is 14.2 Å². The zero-order chi connectivity index (χ0) is 21.6. The number of amides is 1. The lowest BCUT2D eigenvalue weighted by atomic mass is 9.82. The van der Waals surface area contributed by atoms with Crippen LogP contribution in [-0.2, 0) is 10.2 Å². The monoisotopic (exact) mass is 399 g/mol. The second kappa shape index (κ2) is 9.79. The third kappa shape index (κ3) is 6.23. The van der Waals surface area contributed by atoms with Crippen molar-refractivity contribution in [2.45, 2.75) is 45.6 Å². The van der Waals surface area contributed by atoms with Crippen molar-refractivity contribution in [3.63, 3.8) is 0 Å². The molecule has 0 saturated carbocycles. The maximum Gasteiger partial charge on any atom is 0.253 e. The SMILES string of the molecule is CCC(C)(C)c1cc(Oc2ccc(C(=O)N(C)C)cc2)cc(OC(C)COC)c1. The van der Waals surface area contributed by atoms with Crippen LogP contribution in [0, 0.1) is 0 Å². The van der Waals surface area contributed by atoms with Gasteiger partial charge in [0.1, 0.15) is 23.4 Å². The van der Waals surface area contributed by atoms with Crippen molar-refractivity contribution in [1.82, 2.24) is 4.90 Å². The van der Waals surface area contributed by atoms with Crippen LogP contribution in [0.15, 0.2) is 42.5 Å². The van der Waals surface area contributed by atoms with Gasteiger partial charge in [-0.25, -0.2) is 0 Å². The molecule has 29 heavy (non-hydrogen) atoms. The molecule has 0 aliphatic carbocycles. The Morgan fingerprint density at radius 3 is 2.21 bits per heavy atom. The van der Waals surface area contributed by atoms with Crippen LogP contribution in [-0.4, -0.2) is 44.7 Å². The van der Waals surface area contributed by atoms with Crippen LogP contribution >= 0.6 is 0 Å². The second-order valence-electron chi connectivity index (χ2n) is 8.14. The van der Waals surface area contributed by atoms with Gasteiger partial charge in [0, 0.05) is 32.8 Å². The second-order valence-corrected chi connectivity index (χ2v) is 8.14. The molecule has 0 saturated heterocycles. The van der Waals surface area contributed by atoms with E-state index in [0.29, 0.717) is 23.7 Å². The summed E-state index contributed by atoms with van der Waals surface area (Å²) in [4.78, 5) is 13.6. The minimum atomic E-state index is -0.0656. The third-order valence-electron chi connectivity index (χ3n) is 5.03. The fourth-order valence-electron chi connectivity index (χ4n) is 2.85. The number of hydrogen-bond acceptors (Lipinski definition) is 4. The fraction of sp³-hybridized carbons (Fsp3) is 0.458. The fourth-order valence-corrected chi connectivity index (χ4v) is 2.85. The summed E-state index contributed by atoms with van der Waals surface area (Å²) in [6.45, 7) is 9.06. The molecule has 0 aromatic heterocycles.